The van der Waals surface area contributed by atoms with Crippen LogP contribution in [0.1, 0.15) is 20.3 Å². The summed E-state index contributed by atoms with van der Waals surface area (Å²) in [7, 11) is 1.43. The molecule has 0 fully saturated rings. The van der Waals surface area contributed by atoms with Crippen molar-refractivity contribution in [2.45, 2.75) is 26.3 Å². The minimum Gasteiger partial charge on any atom is -0.467 e. The Morgan fingerprint density at radius 1 is 1.37 bits per heavy atom. The molecule has 1 heterocycles. The molecule has 0 aliphatic rings. The molecule has 0 aliphatic carbocycles. The zero-order valence-corrected chi connectivity index (χ0v) is 11.2. The number of hydrogen-bond acceptors (Lipinski definition) is 8. The van der Waals surface area contributed by atoms with E-state index in [0.29, 0.717) is 6.54 Å². The van der Waals surface area contributed by atoms with Crippen molar-refractivity contribution in [1.29, 1.82) is 0 Å². The van der Waals surface area contributed by atoms with Gasteiger partial charge in [0.15, 0.2) is 0 Å². The number of ether oxygens (including phenoxy) is 1. The summed E-state index contributed by atoms with van der Waals surface area (Å²) < 4.78 is 4.91. The molecule has 1 aromatic heterocycles. The number of rotatable bonds is 7. The van der Waals surface area contributed by atoms with Crippen molar-refractivity contribution in [3.63, 3.8) is 0 Å². The highest BCUT2D eigenvalue weighted by atomic mass is 16.5. The molecule has 9 nitrogen and oxygen atoms in total. The number of nitrogen functional groups attached to an aromatic ring is 1. The number of carbonyl (C=O) groups is 1. The van der Waals surface area contributed by atoms with Crippen LogP contribution in [0.25, 0.3) is 0 Å². The Hall–Kier alpha value is -2.16. The Morgan fingerprint density at radius 3 is 2.63 bits per heavy atom. The van der Waals surface area contributed by atoms with Crippen molar-refractivity contribution in [2.75, 3.05) is 24.4 Å². The number of hydrogen-bond donors (Lipinski definition) is 4. The fourth-order valence-corrected chi connectivity index (χ4v) is 1.24. The fraction of sp³-hybridized carbons (Fsp3) is 0.600. The predicted molar refractivity (Wildman–Crippen MR) is 70.6 cm³/mol. The summed E-state index contributed by atoms with van der Waals surface area (Å²) in [5.74, 6) is 5.45. The molecule has 0 saturated carbocycles. The van der Waals surface area contributed by atoms with Crippen molar-refractivity contribution < 1.29 is 9.53 Å². The lowest BCUT2D eigenvalue weighted by Gasteiger charge is -2.14. The summed E-state index contributed by atoms with van der Waals surface area (Å²) in [6.45, 7) is 4.31. The maximum atomic E-state index is 11.7. The Kier molecular flexibility index (Phi) is 5.73. The summed E-state index contributed by atoms with van der Waals surface area (Å²) in [6, 6.07) is -0.379. The molecule has 0 aliphatic heterocycles. The average Bonchev–Trinajstić information content (AvgIpc) is 2.43. The van der Waals surface area contributed by atoms with Gasteiger partial charge in [0.1, 0.15) is 6.04 Å². The van der Waals surface area contributed by atoms with Crippen molar-refractivity contribution in [3.05, 3.63) is 0 Å². The van der Waals surface area contributed by atoms with Gasteiger partial charge in [-0.25, -0.2) is 5.84 Å². The number of nitrogens with two attached hydrogens (primary N) is 1. The Balaban J connectivity index is 2.72. The van der Waals surface area contributed by atoms with Crippen LogP contribution in [0, 0.1) is 0 Å². The van der Waals surface area contributed by atoms with Gasteiger partial charge in [-0.2, -0.15) is 15.0 Å². The number of aromatic nitrogens is 3. The first kappa shape index (κ1) is 14.9. The molecule has 19 heavy (non-hydrogen) atoms. The standard InChI is InChI=1S/C10H19N7O2/c1-4-5-12-7(18)6(2)13-8-14-9(17-11)16-10(15-8)19-3/h6H,4-5,11H2,1-3H3,(H,12,18)(H2,13,14,15,16,17). The molecule has 0 aromatic carbocycles. The van der Waals surface area contributed by atoms with E-state index >= 15 is 0 Å². The molecular formula is C10H19N7O2. The van der Waals surface area contributed by atoms with Gasteiger partial charge in [0.2, 0.25) is 17.8 Å². The molecule has 9 heteroatoms. The van der Waals surface area contributed by atoms with Crippen LogP contribution in [0.5, 0.6) is 6.01 Å². The van der Waals surface area contributed by atoms with Crippen LogP contribution in [0.15, 0.2) is 0 Å². The van der Waals surface area contributed by atoms with E-state index in [9.17, 15) is 4.79 Å². The van der Waals surface area contributed by atoms with Gasteiger partial charge in [-0.3, -0.25) is 10.2 Å². The SMILES string of the molecule is CCCNC(=O)C(C)Nc1nc(NN)nc(OC)n1. The normalized spacial score (nSPS) is 11.6. The van der Waals surface area contributed by atoms with Gasteiger partial charge in [-0.1, -0.05) is 6.92 Å². The van der Waals surface area contributed by atoms with Crippen LogP contribution in [-0.2, 0) is 4.79 Å². The van der Waals surface area contributed by atoms with E-state index in [2.05, 4.69) is 31.0 Å². The van der Waals surface area contributed by atoms with Crippen LogP contribution in [0.2, 0.25) is 0 Å². The van der Waals surface area contributed by atoms with E-state index in [4.69, 9.17) is 10.6 Å². The molecule has 1 aromatic rings. The fourth-order valence-electron chi connectivity index (χ4n) is 1.24. The second-order valence-corrected chi connectivity index (χ2v) is 3.77. The van der Waals surface area contributed by atoms with Gasteiger partial charge in [-0.15, -0.1) is 0 Å². The van der Waals surface area contributed by atoms with Gasteiger partial charge in [-0.05, 0) is 13.3 Å². The molecule has 1 unspecified atom stereocenters. The van der Waals surface area contributed by atoms with Gasteiger partial charge in [0.25, 0.3) is 0 Å². The minimum absolute atomic E-state index is 0.103. The maximum Gasteiger partial charge on any atom is 0.322 e. The molecule has 0 radical (unpaired) electrons. The van der Waals surface area contributed by atoms with E-state index in [1.807, 2.05) is 6.92 Å². The number of anilines is 2. The summed E-state index contributed by atoms with van der Waals surface area (Å²) >= 11 is 0. The highest BCUT2D eigenvalue weighted by molar-refractivity contribution is 5.83. The third-order valence-corrected chi connectivity index (χ3v) is 2.21. The van der Waals surface area contributed by atoms with Crippen LogP contribution < -0.4 is 26.6 Å². The molecule has 106 valence electrons. The molecule has 5 N–H and O–H groups in total. The lowest BCUT2D eigenvalue weighted by molar-refractivity contribution is -0.121. The number of amides is 1. The first-order valence-electron chi connectivity index (χ1n) is 5.91. The summed E-state index contributed by atoms with van der Waals surface area (Å²) in [6.07, 6.45) is 0.874. The number of methoxy groups -OCH3 is 1. The zero-order valence-electron chi connectivity index (χ0n) is 11.2. The van der Waals surface area contributed by atoms with Gasteiger partial charge < -0.3 is 15.4 Å². The van der Waals surface area contributed by atoms with Gasteiger partial charge in [0, 0.05) is 6.54 Å². The topological polar surface area (TPSA) is 127 Å². The lowest BCUT2D eigenvalue weighted by Crippen LogP contribution is -2.38. The number of nitrogens with one attached hydrogen (secondary N) is 3. The summed E-state index contributed by atoms with van der Waals surface area (Å²) in [4.78, 5) is 23.5. The van der Waals surface area contributed by atoms with Crippen molar-refractivity contribution in [2.24, 2.45) is 5.84 Å². The molecular weight excluding hydrogens is 250 g/mol. The Morgan fingerprint density at radius 2 is 2.05 bits per heavy atom. The van der Waals surface area contributed by atoms with Crippen molar-refractivity contribution in [3.8, 4) is 6.01 Å². The van der Waals surface area contributed by atoms with Crippen LogP contribution >= 0.6 is 0 Å². The van der Waals surface area contributed by atoms with Crippen LogP contribution in [-0.4, -0.2) is 40.6 Å². The van der Waals surface area contributed by atoms with E-state index < -0.39 is 6.04 Å². The monoisotopic (exact) mass is 269 g/mol. The second-order valence-electron chi connectivity index (χ2n) is 3.77. The first-order valence-corrected chi connectivity index (χ1v) is 5.91. The Bertz CT molecular complexity index is 404. The molecule has 0 spiro atoms. The number of nitrogens with zero attached hydrogens (tertiary/aromatic N) is 3. The third-order valence-electron chi connectivity index (χ3n) is 2.21. The highest BCUT2D eigenvalue weighted by Crippen LogP contribution is 2.10. The Labute approximate surface area is 111 Å². The van der Waals surface area contributed by atoms with Crippen molar-refractivity contribution >= 4 is 17.8 Å². The summed E-state index contributed by atoms with van der Waals surface area (Å²) in [5, 5.41) is 5.62. The predicted octanol–water partition coefficient (Wildman–Crippen LogP) is -0.508. The smallest absolute Gasteiger partial charge is 0.322 e. The van der Waals surface area contributed by atoms with Crippen molar-refractivity contribution in [1.82, 2.24) is 20.3 Å². The summed E-state index contributed by atoms with van der Waals surface area (Å²) in [5.41, 5.74) is 2.30. The van der Waals surface area contributed by atoms with E-state index in [-0.39, 0.29) is 23.8 Å². The number of hydrazine groups is 1. The molecule has 1 amide bonds. The average molecular weight is 269 g/mol. The van der Waals surface area contributed by atoms with E-state index in [1.54, 1.807) is 6.92 Å². The maximum absolute atomic E-state index is 11.7. The van der Waals surface area contributed by atoms with Crippen LogP contribution in [0.3, 0.4) is 0 Å². The second kappa shape index (κ2) is 7.31. The lowest BCUT2D eigenvalue weighted by atomic mass is 10.3. The first-order chi connectivity index (χ1) is 9.10. The molecule has 0 saturated heterocycles. The van der Waals surface area contributed by atoms with Gasteiger partial charge in [0.05, 0.1) is 7.11 Å². The third kappa shape index (κ3) is 4.54. The molecule has 1 rings (SSSR count). The van der Waals surface area contributed by atoms with E-state index in [1.165, 1.54) is 7.11 Å². The van der Waals surface area contributed by atoms with Crippen LogP contribution in [0.4, 0.5) is 11.9 Å². The van der Waals surface area contributed by atoms with E-state index in [0.717, 1.165) is 6.42 Å². The largest absolute Gasteiger partial charge is 0.467 e. The minimum atomic E-state index is -0.482. The molecule has 0 bridgehead atoms. The highest BCUT2D eigenvalue weighted by Gasteiger charge is 2.14. The van der Waals surface area contributed by atoms with Gasteiger partial charge >= 0.3 is 6.01 Å². The molecule has 1 atom stereocenters. The number of carbonyl (C=O) groups excluding carboxylic acids is 1. The quantitative estimate of drug-likeness (QED) is 0.385. The zero-order chi connectivity index (χ0) is 14.3.